The second-order valence-corrected chi connectivity index (χ2v) is 7.10. The molecule has 0 aromatic carbocycles. The Bertz CT molecular complexity index is 508. The molecule has 1 heterocycles. The fourth-order valence-corrected chi connectivity index (χ4v) is 3.73. The summed E-state index contributed by atoms with van der Waals surface area (Å²) in [6.07, 6.45) is 9.37. The van der Waals surface area contributed by atoms with Gasteiger partial charge in [-0.15, -0.1) is 16.7 Å². The fraction of sp³-hybridized carbons (Fsp3) is 0.812. The minimum Gasteiger partial charge on any atom is -0.335 e. The molecule has 122 valence electrons. The highest BCUT2D eigenvalue weighted by Gasteiger charge is 2.29. The van der Waals surface area contributed by atoms with Crippen LogP contribution in [0.4, 0.5) is 0 Å². The molecule has 2 aliphatic rings. The van der Waals surface area contributed by atoms with Crippen LogP contribution in [0.2, 0.25) is 0 Å². The summed E-state index contributed by atoms with van der Waals surface area (Å²) in [5.41, 5.74) is 1.03. The average Bonchev–Trinajstić information content (AvgIpc) is 3.04. The molecular formula is C16H25ClN4O. The number of nitrogens with zero attached hydrogens (tertiary/aromatic N) is 4. The Kier molecular flexibility index (Phi) is 5.01. The Hall–Kier alpha value is -1.10. The van der Waals surface area contributed by atoms with Crippen molar-refractivity contribution < 1.29 is 4.79 Å². The van der Waals surface area contributed by atoms with Crippen LogP contribution in [0.25, 0.3) is 0 Å². The van der Waals surface area contributed by atoms with Gasteiger partial charge in [0.2, 0.25) is 5.91 Å². The summed E-state index contributed by atoms with van der Waals surface area (Å²) in [5.74, 6) is 1.33. The standard InChI is InChI=1S/C16H25ClN4O/c1-12(13-4-2-3-5-13)10-20(16(22)8-17)11-15-9-18-19-21(15)14-6-7-14/h9,12-14H,2-8,10-11H2,1H3. The molecule has 0 spiro atoms. The van der Waals surface area contributed by atoms with E-state index >= 15 is 0 Å². The van der Waals surface area contributed by atoms with Crippen LogP contribution in [0.5, 0.6) is 0 Å². The molecule has 1 amide bonds. The van der Waals surface area contributed by atoms with Crippen molar-refractivity contribution in [2.75, 3.05) is 12.4 Å². The van der Waals surface area contributed by atoms with E-state index in [0.29, 0.717) is 18.5 Å². The van der Waals surface area contributed by atoms with E-state index in [1.54, 1.807) is 6.20 Å². The number of carbonyl (C=O) groups is 1. The fourth-order valence-electron chi connectivity index (χ4n) is 3.56. The molecule has 6 heteroatoms. The van der Waals surface area contributed by atoms with Crippen LogP contribution in [0.1, 0.15) is 57.2 Å². The lowest BCUT2D eigenvalue weighted by Gasteiger charge is -2.28. The van der Waals surface area contributed by atoms with E-state index in [1.807, 2.05) is 9.58 Å². The van der Waals surface area contributed by atoms with E-state index in [4.69, 9.17) is 11.6 Å². The average molecular weight is 325 g/mol. The minimum absolute atomic E-state index is 0.00932. The van der Waals surface area contributed by atoms with Crippen molar-refractivity contribution in [3.63, 3.8) is 0 Å². The van der Waals surface area contributed by atoms with Crippen LogP contribution in [-0.2, 0) is 11.3 Å². The molecule has 3 rings (SSSR count). The zero-order valence-electron chi connectivity index (χ0n) is 13.2. The van der Waals surface area contributed by atoms with E-state index in [0.717, 1.165) is 31.0 Å². The van der Waals surface area contributed by atoms with Gasteiger partial charge in [-0.05, 0) is 24.7 Å². The zero-order valence-corrected chi connectivity index (χ0v) is 14.0. The van der Waals surface area contributed by atoms with Crippen LogP contribution in [0, 0.1) is 11.8 Å². The lowest BCUT2D eigenvalue weighted by molar-refractivity contribution is -0.130. The largest absolute Gasteiger partial charge is 0.335 e. The maximum absolute atomic E-state index is 12.2. The lowest BCUT2D eigenvalue weighted by Crippen LogP contribution is -2.37. The predicted molar refractivity (Wildman–Crippen MR) is 85.6 cm³/mol. The summed E-state index contributed by atoms with van der Waals surface area (Å²) in [7, 11) is 0. The number of alkyl halides is 1. The molecule has 0 saturated heterocycles. The molecule has 2 fully saturated rings. The number of amides is 1. The van der Waals surface area contributed by atoms with Crippen LogP contribution < -0.4 is 0 Å². The van der Waals surface area contributed by atoms with Gasteiger partial charge in [-0.3, -0.25) is 4.79 Å². The minimum atomic E-state index is 0.00932. The first-order valence-corrected chi connectivity index (χ1v) is 8.95. The lowest BCUT2D eigenvalue weighted by atomic mass is 9.92. The summed E-state index contributed by atoms with van der Waals surface area (Å²) in [5, 5.41) is 8.19. The molecule has 2 aliphatic carbocycles. The highest BCUT2D eigenvalue weighted by molar-refractivity contribution is 6.27. The molecule has 5 nitrogen and oxygen atoms in total. The molecule has 0 bridgehead atoms. The van der Waals surface area contributed by atoms with Crippen LogP contribution in [0.3, 0.4) is 0 Å². The number of rotatable bonds is 7. The van der Waals surface area contributed by atoms with E-state index < -0.39 is 0 Å². The van der Waals surface area contributed by atoms with Gasteiger partial charge < -0.3 is 4.90 Å². The molecule has 1 unspecified atom stereocenters. The normalized spacial score (nSPS) is 20.3. The summed E-state index contributed by atoms with van der Waals surface area (Å²) >= 11 is 5.82. The molecule has 1 atom stereocenters. The Labute approximate surface area is 137 Å². The summed E-state index contributed by atoms with van der Waals surface area (Å²) < 4.78 is 1.98. The Morgan fingerprint density at radius 2 is 2.14 bits per heavy atom. The first-order valence-electron chi connectivity index (χ1n) is 8.42. The third kappa shape index (κ3) is 3.62. The van der Waals surface area contributed by atoms with Gasteiger partial charge in [0.05, 0.1) is 24.5 Å². The molecule has 1 aromatic rings. The Balaban J connectivity index is 1.66. The third-order valence-corrected chi connectivity index (χ3v) is 5.30. The number of halogens is 1. The van der Waals surface area contributed by atoms with Crippen molar-refractivity contribution in [3.8, 4) is 0 Å². The summed E-state index contributed by atoms with van der Waals surface area (Å²) in [4.78, 5) is 14.1. The molecular weight excluding hydrogens is 300 g/mol. The van der Waals surface area contributed by atoms with E-state index in [-0.39, 0.29) is 11.8 Å². The SMILES string of the molecule is CC(CN(Cc1cnnn1C1CC1)C(=O)CCl)C1CCCC1. The topological polar surface area (TPSA) is 51.0 Å². The second kappa shape index (κ2) is 6.99. The van der Waals surface area contributed by atoms with Crippen molar-refractivity contribution in [1.29, 1.82) is 0 Å². The van der Waals surface area contributed by atoms with E-state index in [9.17, 15) is 4.79 Å². The number of aromatic nitrogens is 3. The zero-order chi connectivity index (χ0) is 15.5. The molecule has 0 aliphatic heterocycles. The molecule has 2 saturated carbocycles. The predicted octanol–water partition coefficient (Wildman–Crippen LogP) is 3.01. The van der Waals surface area contributed by atoms with Gasteiger partial charge in [-0.1, -0.05) is 37.8 Å². The van der Waals surface area contributed by atoms with Gasteiger partial charge in [0.25, 0.3) is 0 Å². The summed E-state index contributed by atoms with van der Waals surface area (Å²) in [6, 6.07) is 0.484. The number of hydrogen-bond acceptors (Lipinski definition) is 3. The highest BCUT2D eigenvalue weighted by Crippen LogP contribution is 2.35. The van der Waals surface area contributed by atoms with Gasteiger partial charge in [0, 0.05) is 6.54 Å². The van der Waals surface area contributed by atoms with Gasteiger partial charge >= 0.3 is 0 Å². The monoisotopic (exact) mass is 324 g/mol. The van der Waals surface area contributed by atoms with Crippen LogP contribution >= 0.6 is 11.6 Å². The maximum atomic E-state index is 12.2. The quantitative estimate of drug-likeness (QED) is 0.724. The number of hydrogen-bond donors (Lipinski definition) is 0. The molecule has 1 aromatic heterocycles. The van der Waals surface area contributed by atoms with Crippen LogP contribution in [0.15, 0.2) is 6.20 Å². The van der Waals surface area contributed by atoms with Crippen molar-refractivity contribution in [3.05, 3.63) is 11.9 Å². The molecule has 0 N–H and O–H groups in total. The smallest absolute Gasteiger partial charge is 0.237 e. The molecule has 22 heavy (non-hydrogen) atoms. The maximum Gasteiger partial charge on any atom is 0.237 e. The van der Waals surface area contributed by atoms with Gasteiger partial charge in [0.1, 0.15) is 5.88 Å². The first-order chi connectivity index (χ1) is 10.7. The van der Waals surface area contributed by atoms with Gasteiger partial charge in [0.15, 0.2) is 0 Å². The van der Waals surface area contributed by atoms with E-state index in [1.165, 1.54) is 25.7 Å². The first kappa shape index (κ1) is 15.8. The van der Waals surface area contributed by atoms with Gasteiger partial charge in [-0.2, -0.15) is 0 Å². The van der Waals surface area contributed by atoms with E-state index in [2.05, 4.69) is 17.2 Å². The summed E-state index contributed by atoms with van der Waals surface area (Å²) in [6.45, 7) is 3.62. The third-order valence-electron chi connectivity index (χ3n) is 5.07. The Morgan fingerprint density at radius 1 is 1.41 bits per heavy atom. The van der Waals surface area contributed by atoms with Crippen molar-refractivity contribution in [2.45, 2.75) is 58.0 Å². The Morgan fingerprint density at radius 3 is 2.77 bits per heavy atom. The van der Waals surface area contributed by atoms with Crippen LogP contribution in [-0.4, -0.2) is 38.2 Å². The van der Waals surface area contributed by atoms with Crippen molar-refractivity contribution in [1.82, 2.24) is 19.9 Å². The second-order valence-electron chi connectivity index (χ2n) is 6.83. The van der Waals surface area contributed by atoms with Crippen molar-refractivity contribution in [2.24, 2.45) is 11.8 Å². The number of carbonyl (C=O) groups excluding carboxylic acids is 1. The highest BCUT2D eigenvalue weighted by atomic mass is 35.5. The molecule has 0 radical (unpaired) electrons. The van der Waals surface area contributed by atoms with Gasteiger partial charge in [-0.25, -0.2) is 4.68 Å². The van der Waals surface area contributed by atoms with Crippen molar-refractivity contribution >= 4 is 17.5 Å².